The van der Waals surface area contributed by atoms with Crippen molar-refractivity contribution in [2.45, 2.75) is 49.7 Å². The summed E-state index contributed by atoms with van der Waals surface area (Å²) < 4.78 is 48.3. The van der Waals surface area contributed by atoms with Gasteiger partial charge in [0.05, 0.1) is 30.6 Å². The van der Waals surface area contributed by atoms with E-state index in [0.717, 1.165) is 0 Å². The molecule has 3 atom stereocenters. The molecule has 0 radical (unpaired) electrons. The van der Waals surface area contributed by atoms with Gasteiger partial charge in [-0.1, -0.05) is 0 Å². The highest BCUT2D eigenvalue weighted by molar-refractivity contribution is 5.58. The summed E-state index contributed by atoms with van der Waals surface area (Å²) in [6.45, 7) is 0.648. The van der Waals surface area contributed by atoms with E-state index in [4.69, 9.17) is 4.74 Å². The number of nitrogens with zero attached hydrogens (tertiary/aromatic N) is 4. The average molecular weight is 381 g/mol. The van der Waals surface area contributed by atoms with Gasteiger partial charge in [0.25, 0.3) is 0 Å². The largest absolute Gasteiger partial charge is 0.389 e. The van der Waals surface area contributed by atoms with Crippen molar-refractivity contribution in [3.05, 3.63) is 23.3 Å². The first-order chi connectivity index (χ1) is 12.9. The van der Waals surface area contributed by atoms with E-state index < -0.39 is 30.2 Å². The number of aliphatic hydroxyl groups excluding tert-OH is 1. The van der Waals surface area contributed by atoms with Crippen molar-refractivity contribution in [3.8, 4) is 6.07 Å². The third kappa shape index (κ3) is 3.21. The maximum Gasteiger partial charge on any atom is 0.248 e. The first-order valence-electron chi connectivity index (χ1n) is 8.77. The zero-order chi connectivity index (χ0) is 19.2. The Bertz CT molecular complexity index is 910. The third-order valence-electron chi connectivity index (χ3n) is 5.20. The molecule has 2 aromatic rings. The maximum atomic E-state index is 14.6. The predicted octanol–water partition coefficient (Wildman–Crippen LogP) is 2.20. The molecular weight excluding hydrogens is 363 g/mol. The molecule has 2 aromatic heterocycles. The Labute approximate surface area is 152 Å². The number of hydrogen-bond donors (Lipinski definition) is 2. The van der Waals surface area contributed by atoms with E-state index in [1.165, 1.54) is 10.7 Å². The van der Waals surface area contributed by atoms with Crippen LogP contribution in [-0.4, -0.2) is 51.0 Å². The molecule has 0 bridgehead atoms. The summed E-state index contributed by atoms with van der Waals surface area (Å²) in [5, 5.41) is 26.5. The standard InChI is InChI=1S/C17H18F3N5O2/c18-14-10(6-21)15(9-1-3-17(19,20)5-9)25-12(14)7-22-16(24-25)23-11-2-4-27-8-13(11)26/h7,9,11,13,26H,1-5,8H2,(H,23,24)/t9?,11-,13-/m1/s1. The molecule has 10 heteroatoms. The van der Waals surface area contributed by atoms with Crippen molar-refractivity contribution in [2.75, 3.05) is 18.5 Å². The number of anilines is 1. The number of aromatic nitrogens is 3. The second kappa shape index (κ2) is 6.65. The predicted molar refractivity (Wildman–Crippen MR) is 88.1 cm³/mol. The van der Waals surface area contributed by atoms with Crippen molar-refractivity contribution < 1.29 is 23.0 Å². The van der Waals surface area contributed by atoms with Crippen LogP contribution in [0.3, 0.4) is 0 Å². The zero-order valence-corrected chi connectivity index (χ0v) is 14.3. The second-order valence-electron chi connectivity index (χ2n) is 7.04. The summed E-state index contributed by atoms with van der Waals surface area (Å²) in [5.41, 5.74) is -0.148. The van der Waals surface area contributed by atoms with Gasteiger partial charge in [-0.15, -0.1) is 5.10 Å². The summed E-state index contributed by atoms with van der Waals surface area (Å²) in [6.07, 6.45) is 0.405. The molecule has 1 unspecified atom stereocenters. The Hall–Kier alpha value is -2.38. The van der Waals surface area contributed by atoms with Crippen molar-refractivity contribution in [2.24, 2.45) is 0 Å². The number of aliphatic hydroxyl groups is 1. The van der Waals surface area contributed by atoms with Gasteiger partial charge >= 0.3 is 0 Å². The van der Waals surface area contributed by atoms with E-state index in [9.17, 15) is 23.5 Å². The van der Waals surface area contributed by atoms with Gasteiger partial charge in [0, 0.05) is 25.4 Å². The number of rotatable bonds is 3. The molecule has 2 fully saturated rings. The minimum Gasteiger partial charge on any atom is -0.389 e. The highest BCUT2D eigenvalue weighted by Gasteiger charge is 2.43. The molecule has 4 rings (SSSR count). The molecule has 1 saturated carbocycles. The molecule has 144 valence electrons. The van der Waals surface area contributed by atoms with Crippen molar-refractivity contribution in [1.29, 1.82) is 5.26 Å². The van der Waals surface area contributed by atoms with Crippen LogP contribution < -0.4 is 5.32 Å². The molecule has 0 amide bonds. The fourth-order valence-electron chi connectivity index (χ4n) is 3.82. The molecule has 2 aliphatic rings. The summed E-state index contributed by atoms with van der Waals surface area (Å²) in [4.78, 5) is 4.05. The van der Waals surface area contributed by atoms with Crippen molar-refractivity contribution >= 4 is 11.5 Å². The summed E-state index contributed by atoms with van der Waals surface area (Å²) in [7, 11) is 0. The smallest absolute Gasteiger partial charge is 0.248 e. The number of alkyl halides is 2. The van der Waals surface area contributed by atoms with Crippen molar-refractivity contribution in [1.82, 2.24) is 14.6 Å². The highest BCUT2D eigenvalue weighted by Crippen LogP contribution is 2.45. The lowest BCUT2D eigenvalue weighted by Crippen LogP contribution is -2.42. The minimum atomic E-state index is -2.83. The second-order valence-corrected chi connectivity index (χ2v) is 7.04. The number of ether oxygens (including phenoxy) is 1. The van der Waals surface area contributed by atoms with Gasteiger partial charge in [0.2, 0.25) is 11.9 Å². The Morgan fingerprint density at radius 1 is 1.41 bits per heavy atom. The van der Waals surface area contributed by atoms with Crippen LogP contribution in [0.4, 0.5) is 19.1 Å². The number of fused-ring (bicyclic) bond motifs is 1. The monoisotopic (exact) mass is 381 g/mol. The normalized spacial score (nSPS) is 27.6. The average Bonchev–Trinajstić information content (AvgIpc) is 3.13. The maximum absolute atomic E-state index is 14.6. The van der Waals surface area contributed by atoms with Gasteiger partial charge in [-0.25, -0.2) is 22.7 Å². The molecular formula is C17H18F3N5O2. The van der Waals surface area contributed by atoms with Gasteiger partial charge < -0.3 is 15.2 Å². The number of nitrogens with one attached hydrogen (secondary N) is 1. The van der Waals surface area contributed by atoms with Crippen LogP contribution in [0.25, 0.3) is 5.52 Å². The topological polar surface area (TPSA) is 95.5 Å². The molecule has 1 aliphatic carbocycles. The van der Waals surface area contributed by atoms with E-state index >= 15 is 0 Å². The molecule has 2 N–H and O–H groups in total. The Kier molecular flexibility index (Phi) is 4.44. The number of nitriles is 1. The van der Waals surface area contributed by atoms with E-state index in [0.29, 0.717) is 13.0 Å². The van der Waals surface area contributed by atoms with Gasteiger partial charge in [-0.05, 0) is 12.8 Å². The van der Waals surface area contributed by atoms with Crippen LogP contribution in [0.2, 0.25) is 0 Å². The molecule has 7 nitrogen and oxygen atoms in total. The van der Waals surface area contributed by atoms with Gasteiger partial charge in [0.15, 0.2) is 5.82 Å². The quantitative estimate of drug-likeness (QED) is 0.846. The van der Waals surface area contributed by atoms with Crippen LogP contribution in [0.15, 0.2) is 6.20 Å². The molecule has 1 saturated heterocycles. The van der Waals surface area contributed by atoms with E-state index in [1.807, 2.05) is 0 Å². The van der Waals surface area contributed by atoms with Crippen LogP contribution in [0.5, 0.6) is 0 Å². The first kappa shape index (κ1) is 18.0. The minimum absolute atomic E-state index is 0.0326. The fourth-order valence-corrected chi connectivity index (χ4v) is 3.82. The Morgan fingerprint density at radius 3 is 2.89 bits per heavy atom. The Balaban J connectivity index is 1.73. The van der Waals surface area contributed by atoms with E-state index in [1.54, 1.807) is 6.07 Å². The third-order valence-corrected chi connectivity index (χ3v) is 5.20. The zero-order valence-electron chi connectivity index (χ0n) is 14.3. The van der Waals surface area contributed by atoms with Gasteiger partial charge in [-0.3, -0.25) is 0 Å². The first-order valence-corrected chi connectivity index (χ1v) is 8.77. The van der Waals surface area contributed by atoms with E-state index in [2.05, 4.69) is 15.4 Å². The van der Waals surface area contributed by atoms with Gasteiger partial charge in [0.1, 0.15) is 17.1 Å². The van der Waals surface area contributed by atoms with Crippen LogP contribution in [0.1, 0.15) is 42.9 Å². The summed E-state index contributed by atoms with van der Waals surface area (Å²) in [5.74, 6) is -4.18. The SMILES string of the molecule is N#Cc1c(F)c2cnc(N[C@@H]3CCOC[C@H]3O)nn2c1C1CCC(F)(F)C1. The fraction of sp³-hybridized carbons (Fsp3) is 0.588. The molecule has 3 heterocycles. The number of hydrogen-bond acceptors (Lipinski definition) is 6. The molecule has 1 aliphatic heterocycles. The number of halogens is 3. The van der Waals surface area contributed by atoms with Crippen LogP contribution in [0, 0.1) is 17.1 Å². The summed E-state index contributed by atoms with van der Waals surface area (Å²) >= 11 is 0. The van der Waals surface area contributed by atoms with Crippen LogP contribution in [-0.2, 0) is 4.74 Å². The lowest BCUT2D eigenvalue weighted by atomic mass is 10.0. The van der Waals surface area contributed by atoms with Crippen LogP contribution >= 0.6 is 0 Å². The van der Waals surface area contributed by atoms with E-state index in [-0.39, 0.29) is 48.2 Å². The van der Waals surface area contributed by atoms with Crippen molar-refractivity contribution in [3.63, 3.8) is 0 Å². The molecule has 27 heavy (non-hydrogen) atoms. The lowest BCUT2D eigenvalue weighted by molar-refractivity contribution is -0.0136. The molecule has 0 spiro atoms. The highest BCUT2D eigenvalue weighted by atomic mass is 19.3. The lowest BCUT2D eigenvalue weighted by Gasteiger charge is -2.28. The summed E-state index contributed by atoms with van der Waals surface area (Å²) in [6, 6.07) is 1.44. The van der Waals surface area contributed by atoms with Gasteiger partial charge in [-0.2, -0.15) is 5.26 Å². The molecule has 0 aromatic carbocycles. The Morgan fingerprint density at radius 2 is 2.22 bits per heavy atom.